The van der Waals surface area contributed by atoms with E-state index in [-0.39, 0.29) is 6.03 Å². The summed E-state index contributed by atoms with van der Waals surface area (Å²) >= 11 is 7.40. The second-order valence-electron chi connectivity index (χ2n) is 5.94. The van der Waals surface area contributed by atoms with Crippen LogP contribution in [-0.4, -0.2) is 36.1 Å². The Kier molecular flexibility index (Phi) is 5.58. The number of aromatic nitrogens is 1. The van der Waals surface area contributed by atoms with Crippen LogP contribution in [0.1, 0.15) is 23.3 Å². The van der Waals surface area contributed by atoms with Crippen LogP contribution >= 0.6 is 22.9 Å². The van der Waals surface area contributed by atoms with Gasteiger partial charge in [0.15, 0.2) is 0 Å². The van der Waals surface area contributed by atoms with E-state index in [4.69, 9.17) is 11.6 Å². The summed E-state index contributed by atoms with van der Waals surface area (Å²) in [5.41, 5.74) is 0.999. The fourth-order valence-corrected chi connectivity index (χ4v) is 3.85. The maximum Gasteiger partial charge on any atom is 0.317 e. The van der Waals surface area contributed by atoms with Crippen LogP contribution in [0.3, 0.4) is 0 Å². The molecule has 0 bridgehead atoms. The van der Waals surface area contributed by atoms with Crippen molar-refractivity contribution in [3.8, 4) is 0 Å². The Morgan fingerprint density at radius 1 is 1.33 bits per heavy atom. The summed E-state index contributed by atoms with van der Waals surface area (Å²) in [6.07, 6.45) is 4.32. The molecule has 0 unspecified atom stereocenters. The van der Waals surface area contributed by atoms with Gasteiger partial charge in [0.05, 0.1) is 10.9 Å². The number of hydrogen-bond acceptors (Lipinski definition) is 4. The maximum atomic E-state index is 12.2. The summed E-state index contributed by atoms with van der Waals surface area (Å²) in [5, 5.41) is 2.92. The van der Waals surface area contributed by atoms with Crippen molar-refractivity contribution in [2.45, 2.75) is 25.9 Å². The largest absolute Gasteiger partial charge is 0.357 e. The first-order valence-electron chi connectivity index (χ1n) is 8.05. The number of anilines is 1. The molecule has 0 saturated carbocycles. The number of carbonyl (C=O) groups excluding carboxylic acids is 1. The van der Waals surface area contributed by atoms with Crippen LogP contribution in [0.5, 0.6) is 0 Å². The number of amides is 2. The molecule has 5 nitrogen and oxygen atoms in total. The van der Waals surface area contributed by atoms with Crippen molar-refractivity contribution in [3.05, 3.63) is 45.2 Å². The lowest BCUT2D eigenvalue weighted by molar-refractivity contribution is 0.207. The Labute approximate surface area is 151 Å². The summed E-state index contributed by atoms with van der Waals surface area (Å²) in [6, 6.07) is 7.74. The first-order valence-corrected chi connectivity index (χ1v) is 9.24. The van der Waals surface area contributed by atoms with Crippen molar-refractivity contribution >= 4 is 34.8 Å². The molecule has 1 saturated heterocycles. The van der Waals surface area contributed by atoms with E-state index in [1.807, 2.05) is 30.5 Å². The van der Waals surface area contributed by atoms with Crippen molar-refractivity contribution in [1.29, 1.82) is 0 Å². The van der Waals surface area contributed by atoms with E-state index in [9.17, 15) is 4.79 Å². The number of thiophene rings is 1. The number of nitrogens with one attached hydrogen (secondary N) is 1. The third-order valence-electron chi connectivity index (χ3n) is 4.05. The van der Waals surface area contributed by atoms with Crippen molar-refractivity contribution in [2.75, 3.05) is 25.0 Å². The fourth-order valence-electron chi connectivity index (χ4n) is 2.71. The average molecular weight is 365 g/mol. The van der Waals surface area contributed by atoms with Gasteiger partial charge in [-0.3, -0.25) is 0 Å². The maximum absolute atomic E-state index is 12.2. The van der Waals surface area contributed by atoms with E-state index in [0.29, 0.717) is 13.1 Å². The summed E-state index contributed by atoms with van der Waals surface area (Å²) in [5.74, 6) is 1.02. The number of halogens is 1. The molecule has 0 radical (unpaired) electrons. The van der Waals surface area contributed by atoms with Gasteiger partial charge in [0.2, 0.25) is 0 Å². The molecule has 0 aromatic carbocycles. The summed E-state index contributed by atoms with van der Waals surface area (Å²) in [4.78, 5) is 21.7. The number of carbonyl (C=O) groups is 1. The first kappa shape index (κ1) is 17.0. The summed E-state index contributed by atoms with van der Waals surface area (Å²) < 4.78 is 0.739. The monoisotopic (exact) mass is 364 g/mol. The highest BCUT2D eigenvalue weighted by atomic mass is 35.5. The molecule has 24 heavy (non-hydrogen) atoms. The van der Waals surface area contributed by atoms with Crippen LogP contribution in [0.25, 0.3) is 0 Å². The minimum atomic E-state index is -0.108. The molecule has 2 amide bonds. The van der Waals surface area contributed by atoms with E-state index in [1.54, 1.807) is 11.9 Å². The zero-order valence-electron chi connectivity index (χ0n) is 13.7. The molecule has 128 valence electrons. The van der Waals surface area contributed by atoms with Crippen LogP contribution in [0.15, 0.2) is 30.5 Å². The zero-order chi connectivity index (χ0) is 16.9. The third kappa shape index (κ3) is 4.39. The number of hydrogen-bond donors (Lipinski definition) is 1. The first-order chi connectivity index (χ1) is 11.6. The minimum Gasteiger partial charge on any atom is -0.357 e. The summed E-state index contributed by atoms with van der Waals surface area (Å²) in [6.45, 7) is 3.19. The van der Waals surface area contributed by atoms with Gasteiger partial charge in [-0.05, 0) is 36.6 Å². The smallest absolute Gasteiger partial charge is 0.317 e. The van der Waals surface area contributed by atoms with Crippen molar-refractivity contribution in [3.63, 3.8) is 0 Å². The highest BCUT2D eigenvalue weighted by Gasteiger charge is 2.13. The number of rotatable bonds is 5. The van der Waals surface area contributed by atoms with Gasteiger partial charge in [0, 0.05) is 37.8 Å². The molecule has 2 aromatic heterocycles. The van der Waals surface area contributed by atoms with E-state index >= 15 is 0 Å². The number of urea groups is 1. The normalized spacial score (nSPS) is 14.0. The Hall–Kier alpha value is -1.79. The van der Waals surface area contributed by atoms with Gasteiger partial charge in [-0.25, -0.2) is 9.78 Å². The number of pyridine rings is 1. The molecule has 1 aliphatic heterocycles. The molecule has 0 aliphatic carbocycles. The molecule has 3 rings (SSSR count). The van der Waals surface area contributed by atoms with Crippen molar-refractivity contribution < 1.29 is 4.79 Å². The third-order valence-corrected chi connectivity index (χ3v) is 5.27. The average Bonchev–Trinajstić information content (AvgIpc) is 3.25. The molecule has 3 heterocycles. The molecule has 1 N–H and O–H groups in total. The van der Waals surface area contributed by atoms with E-state index in [1.165, 1.54) is 24.2 Å². The Bertz CT molecular complexity index is 682. The van der Waals surface area contributed by atoms with Crippen LogP contribution < -0.4 is 10.2 Å². The van der Waals surface area contributed by atoms with Gasteiger partial charge in [-0.2, -0.15) is 0 Å². The predicted octanol–water partition coefficient (Wildman–Crippen LogP) is 3.74. The fraction of sp³-hybridized carbons (Fsp3) is 0.412. The summed E-state index contributed by atoms with van der Waals surface area (Å²) in [7, 11) is 1.78. The SMILES string of the molecule is CN(Cc1ccc(Cl)s1)C(=O)NCc1ccc(N2CCCC2)nc1. The molecule has 1 aliphatic rings. The van der Waals surface area contributed by atoms with Gasteiger partial charge < -0.3 is 15.1 Å². The highest BCUT2D eigenvalue weighted by Crippen LogP contribution is 2.22. The van der Waals surface area contributed by atoms with Crippen molar-refractivity contribution in [1.82, 2.24) is 15.2 Å². The molecule has 0 spiro atoms. The molecule has 0 atom stereocenters. The Morgan fingerprint density at radius 2 is 2.12 bits per heavy atom. The molecular weight excluding hydrogens is 344 g/mol. The van der Waals surface area contributed by atoms with E-state index in [0.717, 1.165) is 33.7 Å². The lowest BCUT2D eigenvalue weighted by atomic mass is 10.3. The molecular formula is C17H21ClN4OS. The van der Waals surface area contributed by atoms with Gasteiger partial charge in [0.25, 0.3) is 0 Å². The second kappa shape index (κ2) is 7.85. The van der Waals surface area contributed by atoms with Gasteiger partial charge >= 0.3 is 6.03 Å². The lowest BCUT2D eigenvalue weighted by Crippen LogP contribution is -2.36. The van der Waals surface area contributed by atoms with Crippen LogP contribution in [-0.2, 0) is 13.1 Å². The Morgan fingerprint density at radius 3 is 2.75 bits per heavy atom. The van der Waals surface area contributed by atoms with Crippen LogP contribution in [0, 0.1) is 0 Å². The van der Waals surface area contributed by atoms with E-state index < -0.39 is 0 Å². The molecule has 1 fully saturated rings. The molecule has 7 heteroatoms. The van der Waals surface area contributed by atoms with Gasteiger partial charge in [-0.1, -0.05) is 17.7 Å². The standard InChI is InChI=1S/C17H21ClN4OS/c1-21(12-14-5-6-15(18)24-14)17(23)20-11-13-4-7-16(19-10-13)22-8-2-3-9-22/h4-7,10H,2-3,8-9,11-12H2,1H3,(H,20,23). The Balaban J connectivity index is 1.48. The quantitative estimate of drug-likeness (QED) is 0.879. The van der Waals surface area contributed by atoms with Gasteiger partial charge in [0.1, 0.15) is 5.82 Å². The zero-order valence-corrected chi connectivity index (χ0v) is 15.2. The topological polar surface area (TPSA) is 48.5 Å². The van der Waals surface area contributed by atoms with Gasteiger partial charge in [-0.15, -0.1) is 11.3 Å². The lowest BCUT2D eigenvalue weighted by Gasteiger charge is -2.18. The number of nitrogens with zero attached hydrogens (tertiary/aromatic N) is 3. The highest BCUT2D eigenvalue weighted by molar-refractivity contribution is 7.16. The predicted molar refractivity (Wildman–Crippen MR) is 98.7 cm³/mol. The minimum absolute atomic E-state index is 0.108. The van der Waals surface area contributed by atoms with Crippen molar-refractivity contribution in [2.24, 2.45) is 0 Å². The van der Waals surface area contributed by atoms with Crippen LogP contribution in [0.4, 0.5) is 10.6 Å². The van der Waals surface area contributed by atoms with E-state index in [2.05, 4.69) is 15.2 Å². The van der Waals surface area contributed by atoms with Crippen LogP contribution in [0.2, 0.25) is 4.34 Å². The molecule has 2 aromatic rings. The second-order valence-corrected chi connectivity index (χ2v) is 7.74.